The Morgan fingerprint density at radius 3 is 2.04 bits per heavy atom. The van der Waals surface area contributed by atoms with Gasteiger partial charge in [0.15, 0.2) is 5.57 Å². The number of carbonyl (C=O) groups excluding carboxylic acids is 4. The smallest absolute Gasteiger partial charge is 0.415 e. The second-order valence-corrected chi connectivity index (χ2v) is 6.46. The van der Waals surface area contributed by atoms with Crippen molar-refractivity contribution in [2.24, 2.45) is 0 Å². The van der Waals surface area contributed by atoms with Gasteiger partial charge in [-0.15, -0.1) is 0 Å². The monoisotopic (exact) mass is 371 g/mol. The summed E-state index contributed by atoms with van der Waals surface area (Å²) in [4.78, 5) is 50.1. The Bertz CT molecular complexity index is 599. The maximum absolute atomic E-state index is 12.7. The lowest BCUT2D eigenvalue weighted by atomic mass is 10.1. The van der Waals surface area contributed by atoms with Crippen LogP contribution in [0.3, 0.4) is 0 Å². The average molecular weight is 371 g/mol. The molecule has 1 saturated heterocycles. The van der Waals surface area contributed by atoms with E-state index < -0.39 is 41.2 Å². The lowest BCUT2D eigenvalue weighted by Gasteiger charge is -2.29. The van der Waals surface area contributed by atoms with Crippen LogP contribution >= 0.6 is 0 Å². The molecule has 0 aromatic carbocycles. The molecule has 0 unspecified atom stereocenters. The number of esters is 3. The number of nitrogens with zero attached hydrogens (tertiary/aromatic N) is 1. The molecule has 0 spiro atoms. The SMILES string of the molecule is CCOC(=O)[C@@H]1CCC(=C(C(=O)OC)C(=O)OC)N1C(=O)OC(C)(C)C. The molecule has 0 radical (unpaired) electrons. The fourth-order valence-corrected chi connectivity index (χ4v) is 2.49. The Hall–Kier alpha value is -2.58. The zero-order valence-electron chi connectivity index (χ0n) is 15.9. The van der Waals surface area contributed by atoms with Gasteiger partial charge in [-0.05, 0) is 40.5 Å². The van der Waals surface area contributed by atoms with E-state index in [1.54, 1.807) is 27.7 Å². The third-order valence-corrected chi connectivity index (χ3v) is 3.47. The maximum Gasteiger partial charge on any atom is 0.415 e. The summed E-state index contributed by atoms with van der Waals surface area (Å²) in [5.41, 5.74) is -1.29. The first-order chi connectivity index (χ1) is 12.1. The summed E-state index contributed by atoms with van der Waals surface area (Å²) in [5, 5.41) is 0. The summed E-state index contributed by atoms with van der Waals surface area (Å²) in [7, 11) is 2.20. The van der Waals surface area contributed by atoms with Gasteiger partial charge in [0.05, 0.1) is 20.8 Å². The molecule has 146 valence electrons. The minimum atomic E-state index is -1.01. The summed E-state index contributed by atoms with van der Waals surface area (Å²) < 4.78 is 19.6. The van der Waals surface area contributed by atoms with Gasteiger partial charge in [0, 0.05) is 5.70 Å². The van der Waals surface area contributed by atoms with Crippen LogP contribution in [-0.4, -0.2) is 61.4 Å². The molecule has 9 heteroatoms. The standard InChI is InChI=1S/C17H25NO8/c1-7-25-13(19)11-9-8-10(12(14(20)23-5)15(21)24-6)18(11)16(22)26-17(2,3)4/h11H,7-9H2,1-6H3/t11-/m0/s1. The van der Waals surface area contributed by atoms with E-state index in [-0.39, 0.29) is 25.1 Å². The van der Waals surface area contributed by atoms with Crippen molar-refractivity contribution in [3.8, 4) is 0 Å². The number of hydrogen-bond donors (Lipinski definition) is 0. The summed E-state index contributed by atoms with van der Waals surface area (Å²) >= 11 is 0. The number of amides is 1. The van der Waals surface area contributed by atoms with Crippen LogP contribution in [0.15, 0.2) is 11.3 Å². The van der Waals surface area contributed by atoms with Crippen molar-refractivity contribution >= 4 is 24.0 Å². The fraction of sp³-hybridized carbons (Fsp3) is 0.647. The van der Waals surface area contributed by atoms with Gasteiger partial charge in [0.25, 0.3) is 0 Å². The van der Waals surface area contributed by atoms with Gasteiger partial charge < -0.3 is 18.9 Å². The summed E-state index contributed by atoms with van der Waals surface area (Å²) in [6.45, 7) is 6.73. The van der Waals surface area contributed by atoms with E-state index in [0.717, 1.165) is 19.1 Å². The Labute approximate surface area is 152 Å². The van der Waals surface area contributed by atoms with Crippen molar-refractivity contribution in [3.05, 3.63) is 11.3 Å². The Kier molecular flexibility index (Phi) is 7.17. The number of methoxy groups -OCH3 is 2. The second kappa shape index (κ2) is 8.68. The van der Waals surface area contributed by atoms with Crippen molar-refractivity contribution < 1.29 is 38.1 Å². The number of ether oxygens (including phenoxy) is 4. The molecule has 0 N–H and O–H groups in total. The Balaban J connectivity index is 3.45. The first-order valence-corrected chi connectivity index (χ1v) is 8.16. The van der Waals surface area contributed by atoms with E-state index >= 15 is 0 Å². The van der Waals surface area contributed by atoms with Crippen LogP contribution in [0, 0.1) is 0 Å². The summed E-state index contributed by atoms with van der Waals surface area (Å²) in [6, 6.07) is -1.01. The highest BCUT2D eigenvalue weighted by Gasteiger charge is 2.44. The largest absolute Gasteiger partial charge is 0.465 e. The second-order valence-electron chi connectivity index (χ2n) is 6.46. The summed E-state index contributed by atoms with van der Waals surface area (Å²) in [6.07, 6.45) is -0.596. The number of likely N-dealkylation sites (tertiary alicyclic amines) is 1. The van der Waals surface area contributed by atoms with Gasteiger partial charge in [0.2, 0.25) is 0 Å². The van der Waals surface area contributed by atoms with Crippen LogP contribution in [0.1, 0.15) is 40.5 Å². The molecule has 1 amide bonds. The molecular weight excluding hydrogens is 346 g/mol. The maximum atomic E-state index is 12.7. The van der Waals surface area contributed by atoms with E-state index in [2.05, 4.69) is 9.47 Å². The van der Waals surface area contributed by atoms with Crippen LogP contribution in [0.25, 0.3) is 0 Å². The number of rotatable bonds is 4. The normalized spacial score (nSPS) is 16.8. The quantitative estimate of drug-likeness (QED) is 0.241. The first kappa shape index (κ1) is 21.5. The lowest BCUT2D eigenvalue weighted by molar-refractivity contribution is -0.149. The molecule has 1 heterocycles. The molecule has 0 bridgehead atoms. The summed E-state index contributed by atoms with van der Waals surface area (Å²) in [5.74, 6) is -2.59. The molecule has 1 rings (SSSR count). The predicted octanol–water partition coefficient (Wildman–Crippen LogP) is 1.55. The van der Waals surface area contributed by atoms with E-state index in [9.17, 15) is 19.2 Å². The molecule has 1 aliphatic heterocycles. The Morgan fingerprint density at radius 1 is 1.08 bits per heavy atom. The average Bonchev–Trinajstić information content (AvgIpc) is 2.98. The predicted molar refractivity (Wildman–Crippen MR) is 88.8 cm³/mol. The molecule has 0 aliphatic carbocycles. The minimum Gasteiger partial charge on any atom is -0.465 e. The van der Waals surface area contributed by atoms with E-state index in [4.69, 9.17) is 9.47 Å². The zero-order chi connectivity index (χ0) is 20.1. The van der Waals surface area contributed by atoms with Crippen LogP contribution < -0.4 is 0 Å². The fourth-order valence-electron chi connectivity index (χ4n) is 2.49. The van der Waals surface area contributed by atoms with Gasteiger partial charge in [0.1, 0.15) is 11.6 Å². The van der Waals surface area contributed by atoms with Crippen molar-refractivity contribution in [1.82, 2.24) is 4.90 Å². The lowest BCUT2D eigenvalue weighted by Crippen LogP contribution is -2.44. The van der Waals surface area contributed by atoms with Gasteiger partial charge in [-0.1, -0.05) is 0 Å². The highest BCUT2D eigenvalue weighted by atomic mass is 16.6. The van der Waals surface area contributed by atoms with E-state index in [1.807, 2.05) is 0 Å². The van der Waals surface area contributed by atoms with Crippen LogP contribution in [-0.2, 0) is 33.3 Å². The van der Waals surface area contributed by atoms with Crippen LogP contribution in [0.2, 0.25) is 0 Å². The van der Waals surface area contributed by atoms with Crippen LogP contribution in [0.5, 0.6) is 0 Å². The van der Waals surface area contributed by atoms with E-state index in [1.165, 1.54) is 0 Å². The number of allylic oxidation sites excluding steroid dienone is 1. The zero-order valence-corrected chi connectivity index (χ0v) is 15.9. The van der Waals surface area contributed by atoms with Gasteiger partial charge in [-0.25, -0.2) is 19.2 Å². The molecule has 1 atom stereocenters. The van der Waals surface area contributed by atoms with Crippen molar-refractivity contribution in [2.45, 2.75) is 52.2 Å². The number of hydrogen-bond acceptors (Lipinski definition) is 8. The molecule has 0 aromatic heterocycles. The van der Waals surface area contributed by atoms with Crippen molar-refractivity contribution in [1.29, 1.82) is 0 Å². The van der Waals surface area contributed by atoms with Gasteiger partial charge in [-0.2, -0.15) is 0 Å². The van der Waals surface area contributed by atoms with Crippen molar-refractivity contribution in [3.63, 3.8) is 0 Å². The molecule has 0 aromatic rings. The molecule has 1 fully saturated rings. The molecule has 26 heavy (non-hydrogen) atoms. The molecule has 9 nitrogen and oxygen atoms in total. The molecule has 0 saturated carbocycles. The van der Waals surface area contributed by atoms with Gasteiger partial charge in [-0.3, -0.25) is 4.90 Å². The Morgan fingerprint density at radius 2 is 1.62 bits per heavy atom. The van der Waals surface area contributed by atoms with E-state index in [0.29, 0.717) is 0 Å². The van der Waals surface area contributed by atoms with Crippen molar-refractivity contribution in [2.75, 3.05) is 20.8 Å². The van der Waals surface area contributed by atoms with Gasteiger partial charge >= 0.3 is 24.0 Å². The molecular formula is C17H25NO8. The number of carbonyl (C=O) groups is 4. The minimum absolute atomic E-state index is 0.0102. The highest BCUT2D eigenvalue weighted by molar-refractivity contribution is 6.15. The van der Waals surface area contributed by atoms with Crippen LogP contribution in [0.4, 0.5) is 4.79 Å². The first-order valence-electron chi connectivity index (χ1n) is 8.16. The third kappa shape index (κ3) is 4.96. The third-order valence-electron chi connectivity index (χ3n) is 3.47. The highest BCUT2D eigenvalue weighted by Crippen LogP contribution is 2.33. The molecule has 1 aliphatic rings. The topological polar surface area (TPSA) is 108 Å².